The zero-order chi connectivity index (χ0) is 10.8. The van der Waals surface area contributed by atoms with Crippen molar-refractivity contribution in [3.8, 4) is 0 Å². The van der Waals surface area contributed by atoms with Crippen molar-refractivity contribution in [3.63, 3.8) is 0 Å². The van der Waals surface area contributed by atoms with Crippen molar-refractivity contribution in [3.05, 3.63) is 48.0 Å². The summed E-state index contributed by atoms with van der Waals surface area (Å²) in [5.41, 5.74) is 8.49. The lowest BCUT2D eigenvalue weighted by Gasteiger charge is -2.19. The quantitative estimate of drug-likeness (QED) is 0.765. The molecule has 1 aromatic carbocycles. The largest absolute Gasteiger partial charge is 0.321 e. The van der Waals surface area contributed by atoms with Crippen LogP contribution < -0.4 is 5.73 Å². The molecule has 0 amide bonds. The average Bonchev–Trinajstić information content (AvgIpc) is 2.15. The van der Waals surface area contributed by atoms with Crippen molar-refractivity contribution in [2.75, 3.05) is 0 Å². The van der Waals surface area contributed by atoms with E-state index in [0.717, 1.165) is 5.56 Å². The molecule has 1 atom stereocenters. The first-order valence-corrected chi connectivity index (χ1v) is 4.93. The normalized spacial score (nSPS) is 12.8. The fraction of sp³-hybridized carbons (Fsp3) is 0.385. The first-order chi connectivity index (χ1) is 6.45. The fourth-order valence-electron chi connectivity index (χ4n) is 1.34. The number of rotatable bonds is 2. The second-order valence-electron chi connectivity index (χ2n) is 4.63. The molecule has 1 nitrogen and oxygen atoms in total. The van der Waals surface area contributed by atoms with Crippen molar-refractivity contribution in [2.45, 2.75) is 32.2 Å². The van der Waals surface area contributed by atoms with E-state index in [1.807, 2.05) is 0 Å². The second-order valence-corrected chi connectivity index (χ2v) is 4.63. The summed E-state index contributed by atoms with van der Waals surface area (Å²) >= 11 is 0. The van der Waals surface area contributed by atoms with Crippen LogP contribution in [0.3, 0.4) is 0 Å². The lowest BCUT2D eigenvalue weighted by Crippen LogP contribution is -2.12. The maximum absolute atomic E-state index is 5.84. The maximum Gasteiger partial charge on any atom is 0.0478 e. The van der Waals surface area contributed by atoms with Gasteiger partial charge in [0.15, 0.2) is 0 Å². The van der Waals surface area contributed by atoms with Gasteiger partial charge in [-0.25, -0.2) is 0 Å². The minimum Gasteiger partial charge on any atom is -0.321 e. The highest BCUT2D eigenvalue weighted by atomic mass is 35.5. The molecule has 1 aromatic rings. The standard InChI is InChI=1S/C13H19N.ClH/c1-5-12(14)10-6-8-11(9-7-10)13(2,3)4;/h5-9,12H,1,14H2,2-4H3;1H/t12-;/m1./s1. The van der Waals surface area contributed by atoms with Gasteiger partial charge in [-0.05, 0) is 16.5 Å². The van der Waals surface area contributed by atoms with Crippen molar-refractivity contribution in [1.29, 1.82) is 0 Å². The first-order valence-electron chi connectivity index (χ1n) is 4.93. The van der Waals surface area contributed by atoms with Crippen LogP contribution in [0.2, 0.25) is 0 Å². The zero-order valence-corrected chi connectivity index (χ0v) is 10.5. The molecule has 84 valence electrons. The van der Waals surface area contributed by atoms with Gasteiger partial charge in [-0.1, -0.05) is 51.1 Å². The third-order valence-electron chi connectivity index (χ3n) is 2.42. The highest BCUT2D eigenvalue weighted by molar-refractivity contribution is 5.85. The molecule has 0 fully saturated rings. The summed E-state index contributed by atoms with van der Waals surface area (Å²) in [5, 5.41) is 0. The first kappa shape index (κ1) is 14.2. The van der Waals surface area contributed by atoms with E-state index in [-0.39, 0.29) is 23.9 Å². The highest BCUT2D eigenvalue weighted by Gasteiger charge is 2.13. The van der Waals surface area contributed by atoms with E-state index in [9.17, 15) is 0 Å². The van der Waals surface area contributed by atoms with Gasteiger partial charge < -0.3 is 5.73 Å². The SMILES string of the molecule is C=C[C@@H](N)c1ccc(C(C)(C)C)cc1.Cl. The smallest absolute Gasteiger partial charge is 0.0478 e. The van der Waals surface area contributed by atoms with Crippen LogP contribution in [0, 0.1) is 0 Å². The molecule has 0 spiro atoms. The Kier molecular flexibility index (Phi) is 5.06. The number of hydrogen-bond acceptors (Lipinski definition) is 1. The van der Waals surface area contributed by atoms with Crippen LogP contribution in [-0.2, 0) is 5.41 Å². The number of benzene rings is 1. The van der Waals surface area contributed by atoms with Gasteiger partial charge in [0.2, 0.25) is 0 Å². The van der Waals surface area contributed by atoms with Crippen molar-refractivity contribution >= 4 is 12.4 Å². The van der Waals surface area contributed by atoms with E-state index in [1.54, 1.807) is 6.08 Å². The molecule has 0 bridgehead atoms. The average molecular weight is 226 g/mol. The molecule has 0 heterocycles. The second kappa shape index (κ2) is 5.34. The van der Waals surface area contributed by atoms with E-state index in [4.69, 9.17) is 5.73 Å². The van der Waals surface area contributed by atoms with Gasteiger partial charge in [-0.15, -0.1) is 19.0 Å². The Labute approximate surface area is 98.8 Å². The van der Waals surface area contributed by atoms with Crippen LogP contribution in [0.25, 0.3) is 0 Å². The van der Waals surface area contributed by atoms with Crippen LogP contribution in [-0.4, -0.2) is 0 Å². The molecule has 0 saturated carbocycles. The van der Waals surface area contributed by atoms with E-state index >= 15 is 0 Å². The molecule has 2 N–H and O–H groups in total. The van der Waals surface area contributed by atoms with Gasteiger partial charge in [0.25, 0.3) is 0 Å². The van der Waals surface area contributed by atoms with Crippen LogP contribution >= 0.6 is 12.4 Å². The molecule has 0 aromatic heterocycles. The molecule has 0 radical (unpaired) electrons. The Balaban J connectivity index is 0.00000196. The molecule has 0 unspecified atom stereocenters. The van der Waals surface area contributed by atoms with Crippen LogP contribution in [0.5, 0.6) is 0 Å². The van der Waals surface area contributed by atoms with Crippen LogP contribution in [0.4, 0.5) is 0 Å². The predicted molar refractivity (Wildman–Crippen MR) is 69.5 cm³/mol. The summed E-state index contributed by atoms with van der Waals surface area (Å²) in [7, 11) is 0. The highest BCUT2D eigenvalue weighted by Crippen LogP contribution is 2.23. The summed E-state index contributed by atoms with van der Waals surface area (Å²) in [4.78, 5) is 0. The summed E-state index contributed by atoms with van der Waals surface area (Å²) in [6, 6.07) is 8.38. The lowest BCUT2D eigenvalue weighted by molar-refractivity contribution is 0.590. The van der Waals surface area contributed by atoms with E-state index in [2.05, 4.69) is 51.6 Å². The monoisotopic (exact) mass is 225 g/mol. The van der Waals surface area contributed by atoms with E-state index < -0.39 is 0 Å². The minimum atomic E-state index is -0.0518. The number of nitrogens with two attached hydrogens (primary N) is 1. The van der Waals surface area contributed by atoms with Gasteiger partial charge in [0.05, 0.1) is 0 Å². The van der Waals surface area contributed by atoms with Crippen LogP contribution in [0.1, 0.15) is 37.9 Å². The topological polar surface area (TPSA) is 26.0 Å². The lowest BCUT2D eigenvalue weighted by atomic mass is 9.86. The predicted octanol–water partition coefficient (Wildman–Crippen LogP) is 3.59. The third-order valence-corrected chi connectivity index (χ3v) is 2.42. The number of hydrogen-bond donors (Lipinski definition) is 1. The van der Waals surface area contributed by atoms with Gasteiger partial charge in [-0.3, -0.25) is 0 Å². The summed E-state index contributed by atoms with van der Waals surface area (Å²) in [6.07, 6.45) is 1.76. The van der Waals surface area contributed by atoms with Gasteiger partial charge in [0, 0.05) is 6.04 Å². The zero-order valence-electron chi connectivity index (χ0n) is 9.66. The van der Waals surface area contributed by atoms with Gasteiger partial charge in [0.1, 0.15) is 0 Å². The molecule has 1 rings (SSSR count). The summed E-state index contributed by atoms with van der Waals surface area (Å²) in [6.45, 7) is 10.3. The molecule has 0 aliphatic heterocycles. The Morgan fingerprint density at radius 2 is 1.67 bits per heavy atom. The number of halogens is 1. The molecule has 0 aliphatic carbocycles. The van der Waals surface area contributed by atoms with Crippen LogP contribution in [0.15, 0.2) is 36.9 Å². The summed E-state index contributed by atoms with van der Waals surface area (Å²) < 4.78 is 0. The Morgan fingerprint density at radius 3 is 2.00 bits per heavy atom. The van der Waals surface area contributed by atoms with Crippen molar-refractivity contribution in [1.82, 2.24) is 0 Å². The van der Waals surface area contributed by atoms with Crippen molar-refractivity contribution < 1.29 is 0 Å². The Hall–Kier alpha value is -0.790. The van der Waals surface area contributed by atoms with Crippen molar-refractivity contribution in [2.24, 2.45) is 5.73 Å². The fourth-order valence-corrected chi connectivity index (χ4v) is 1.34. The van der Waals surface area contributed by atoms with E-state index in [0.29, 0.717) is 0 Å². The molecular weight excluding hydrogens is 206 g/mol. The molecule has 0 saturated heterocycles. The Morgan fingerprint density at radius 1 is 1.20 bits per heavy atom. The molecule has 0 aliphatic rings. The maximum atomic E-state index is 5.84. The third kappa shape index (κ3) is 3.69. The molecule has 15 heavy (non-hydrogen) atoms. The minimum absolute atomic E-state index is 0. The molecular formula is C13H20ClN. The van der Waals surface area contributed by atoms with E-state index in [1.165, 1.54) is 5.56 Å². The van der Waals surface area contributed by atoms with Gasteiger partial charge >= 0.3 is 0 Å². The molecule has 2 heteroatoms. The van der Waals surface area contributed by atoms with Gasteiger partial charge in [-0.2, -0.15) is 0 Å². The summed E-state index contributed by atoms with van der Waals surface area (Å²) in [5.74, 6) is 0. The Bertz CT molecular complexity index is 308.